The minimum atomic E-state index is 0.768. The summed E-state index contributed by atoms with van der Waals surface area (Å²) in [5, 5.41) is 3.60. The third-order valence-corrected chi connectivity index (χ3v) is 3.09. The molecule has 0 unspecified atom stereocenters. The van der Waals surface area contributed by atoms with Crippen molar-refractivity contribution < 1.29 is 0 Å². The van der Waals surface area contributed by atoms with E-state index in [-0.39, 0.29) is 0 Å². The average molecular weight is 154 g/mol. The van der Waals surface area contributed by atoms with Crippen LogP contribution in [0.2, 0.25) is 0 Å². The molecular weight excluding hydrogens is 136 g/mol. The molecule has 2 saturated heterocycles. The van der Waals surface area contributed by atoms with Gasteiger partial charge in [0.1, 0.15) is 0 Å². The molecule has 1 N–H and O–H groups in total. The smallest absolute Gasteiger partial charge is 0.0221 e. The number of nitrogens with one attached hydrogen (secondary N) is 1. The van der Waals surface area contributed by atoms with E-state index in [1.165, 1.54) is 38.9 Å². The van der Waals surface area contributed by atoms with Gasteiger partial charge in [0.15, 0.2) is 0 Å². The monoisotopic (exact) mass is 154 g/mol. The number of rotatable bonds is 1. The van der Waals surface area contributed by atoms with Gasteiger partial charge in [-0.3, -0.25) is 4.90 Å². The van der Waals surface area contributed by atoms with Gasteiger partial charge >= 0.3 is 0 Å². The Balaban J connectivity index is 1.91. The van der Waals surface area contributed by atoms with Gasteiger partial charge in [-0.05, 0) is 25.8 Å². The summed E-state index contributed by atoms with van der Waals surface area (Å²) in [7, 11) is 0. The molecule has 2 heteroatoms. The lowest BCUT2D eigenvalue weighted by molar-refractivity contribution is 0.171. The second-order valence-corrected chi connectivity index (χ2v) is 3.80. The summed E-state index contributed by atoms with van der Waals surface area (Å²) < 4.78 is 0. The summed E-state index contributed by atoms with van der Waals surface area (Å²) >= 11 is 0. The standard InChI is InChI=1S/C9H18N2/c1-2-8-7-11-5-3-4-9(11)6-10-8/h8-10H,2-7H2,1H3/t8-,9+/m1/s1. The molecule has 2 nitrogen and oxygen atoms in total. The molecule has 0 bridgehead atoms. The Morgan fingerprint density at radius 3 is 3.27 bits per heavy atom. The Bertz CT molecular complexity index is 136. The Morgan fingerprint density at radius 1 is 1.55 bits per heavy atom. The second kappa shape index (κ2) is 3.11. The van der Waals surface area contributed by atoms with Crippen LogP contribution in [0.25, 0.3) is 0 Å². The van der Waals surface area contributed by atoms with Crippen molar-refractivity contribution in [2.45, 2.75) is 38.3 Å². The zero-order valence-electron chi connectivity index (χ0n) is 7.34. The van der Waals surface area contributed by atoms with Gasteiger partial charge in [0.25, 0.3) is 0 Å². The molecule has 0 aliphatic carbocycles. The number of fused-ring (bicyclic) bond motifs is 1. The Hall–Kier alpha value is -0.0800. The first kappa shape index (κ1) is 7.56. The first-order valence-electron chi connectivity index (χ1n) is 4.87. The predicted molar refractivity (Wildman–Crippen MR) is 46.7 cm³/mol. The van der Waals surface area contributed by atoms with Gasteiger partial charge in [0.2, 0.25) is 0 Å². The van der Waals surface area contributed by atoms with Gasteiger partial charge in [-0.25, -0.2) is 0 Å². The third-order valence-electron chi connectivity index (χ3n) is 3.09. The number of hydrogen-bond donors (Lipinski definition) is 1. The summed E-state index contributed by atoms with van der Waals surface area (Å²) in [6, 6.07) is 1.64. The molecule has 64 valence electrons. The van der Waals surface area contributed by atoms with E-state index in [2.05, 4.69) is 17.1 Å². The third kappa shape index (κ3) is 1.42. The molecule has 2 fully saturated rings. The maximum absolute atomic E-state index is 3.60. The number of nitrogens with zero attached hydrogens (tertiary/aromatic N) is 1. The van der Waals surface area contributed by atoms with E-state index >= 15 is 0 Å². The van der Waals surface area contributed by atoms with Crippen LogP contribution in [0.3, 0.4) is 0 Å². The summed E-state index contributed by atoms with van der Waals surface area (Å²) in [6.07, 6.45) is 4.12. The summed E-state index contributed by atoms with van der Waals surface area (Å²) in [4.78, 5) is 2.66. The Morgan fingerprint density at radius 2 is 2.45 bits per heavy atom. The molecule has 0 saturated carbocycles. The zero-order chi connectivity index (χ0) is 7.68. The van der Waals surface area contributed by atoms with Crippen molar-refractivity contribution in [3.05, 3.63) is 0 Å². The average Bonchev–Trinajstić information content (AvgIpc) is 2.50. The minimum Gasteiger partial charge on any atom is -0.311 e. The maximum Gasteiger partial charge on any atom is 0.0221 e. The van der Waals surface area contributed by atoms with Crippen LogP contribution in [0.5, 0.6) is 0 Å². The van der Waals surface area contributed by atoms with Crippen LogP contribution in [-0.4, -0.2) is 36.6 Å². The molecule has 0 spiro atoms. The molecule has 11 heavy (non-hydrogen) atoms. The van der Waals surface area contributed by atoms with E-state index in [1.807, 2.05) is 0 Å². The molecule has 0 aromatic heterocycles. The fourth-order valence-electron chi connectivity index (χ4n) is 2.29. The van der Waals surface area contributed by atoms with Crippen molar-refractivity contribution >= 4 is 0 Å². The molecular formula is C9H18N2. The van der Waals surface area contributed by atoms with Gasteiger partial charge in [-0.1, -0.05) is 6.92 Å². The van der Waals surface area contributed by atoms with E-state index in [4.69, 9.17) is 0 Å². The van der Waals surface area contributed by atoms with Crippen LogP contribution in [0, 0.1) is 0 Å². The van der Waals surface area contributed by atoms with Crippen molar-refractivity contribution in [3.63, 3.8) is 0 Å². The molecule has 0 aromatic rings. The number of piperazine rings is 1. The highest BCUT2D eigenvalue weighted by Gasteiger charge is 2.29. The lowest BCUT2D eigenvalue weighted by atomic mass is 10.1. The van der Waals surface area contributed by atoms with Crippen LogP contribution < -0.4 is 5.32 Å². The van der Waals surface area contributed by atoms with Crippen molar-refractivity contribution in [2.24, 2.45) is 0 Å². The Labute approximate surface area is 69.0 Å². The van der Waals surface area contributed by atoms with Crippen molar-refractivity contribution in [1.29, 1.82) is 0 Å². The van der Waals surface area contributed by atoms with Crippen LogP contribution in [0.1, 0.15) is 26.2 Å². The molecule has 2 heterocycles. The van der Waals surface area contributed by atoms with Gasteiger partial charge in [0.05, 0.1) is 0 Å². The Kier molecular flexibility index (Phi) is 2.14. The molecule has 0 amide bonds. The lowest BCUT2D eigenvalue weighted by Crippen LogP contribution is -2.53. The van der Waals surface area contributed by atoms with E-state index < -0.39 is 0 Å². The van der Waals surface area contributed by atoms with E-state index in [9.17, 15) is 0 Å². The van der Waals surface area contributed by atoms with Crippen LogP contribution >= 0.6 is 0 Å². The normalized spacial score (nSPS) is 39.0. The molecule has 2 aliphatic rings. The first-order chi connectivity index (χ1) is 5.40. The summed E-state index contributed by atoms with van der Waals surface area (Å²) in [5.41, 5.74) is 0. The van der Waals surface area contributed by atoms with E-state index in [0.29, 0.717) is 0 Å². The van der Waals surface area contributed by atoms with E-state index in [0.717, 1.165) is 12.1 Å². The summed E-state index contributed by atoms with van der Waals surface area (Å²) in [5.74, 6) is 0. The van der Waals surface area contributed by atoms with E-state index in [1.54, 1.807) is 0 Å². The summed E-state index contributed by atoms with van der Waals surface area (Å²) in [6.45, 7) is 6.15. The molecule has 2 rings (SSSR count). The highest BCUT2D eigenvalue weighted by atomic mass is 15.2. The fourth-order valence-corrected chi connectivity index (χ4v) is 2.29. The van der Waals surface area contributed by atoms with Gasteiger partial charge < -0.3 is 5.32 Å². The van der Waals surface area contributed by atoms with Crippen molar-refractivity contribution in [3.8, 4) is 0 Å². The second-order valence-electron chi connectivity index (χ2n) is 3.80. The molecule has 0 aromatic carbocycles. The SMILES string of the molecule is CC[C@@H]1CN2CCC[C@H]2CN1. The highest BCUT2D eigenvalue weighted by Crippen LogP contribution is 2.20. The van der Waals surface area contributed by atoms with Gasteiger partial charge in [-0.2, -0.15) is 0 Å². The maximum atomic E-state index is 3.60. The minimum absolute atomic E-state index is 0.768. The predicted octanol–water partition coefficient (Wildman–Crippen LogP) is 0.833. The zero-order valence-corrected chi connectivity index (χ0v) is 7.34. The van der Waals surface area contributed by atoms with Crippen LogP contribution in [0.4, 0.5) is 0 Å². The quantitative estimate of drug-likeness (QED) is 0.602. The van der Waals surface area contributed by atoms with Crippen molar-refractivity contribution in [2.75, 3.05) is 19.6 Å². The lowest BCUT2D eigenvalue weighted by Gasteiger charge is -2.35. The van der Waals surface area contributed by atoms with Gasteiger partial charge in [-0.15, -0.1) is 0 Å². The largest absolute Gasteiger partial charge is 0.311 e. The molecule has 0 radical (unpaired) electrons. The van der Waals surface area contributed by atoms with Crippen LogP contribution in [-0.2, 0) is 0 Å². The molecule has 2 atom stereocenters. The molecule has 2 aliphatic heterocycles. The number of hydrogen-bond acceptors (Lipinski definition) is 2. The van der Waals surface area contributed by atoms with Crippen molar-refractivity contribution in [1.82, 2.24) is 10.2 Å². The first-order valence-corrected chi connectivity index (χ1v) is 4.87. The fraction of sp³-hybridized carbons (Fsp3) is 1.00. The van der Waals surface area contributed by atoms with Gasteiger partial charge in [0, 0.05) is 25.2 Å². The van der Waals surface area contributed by atoms with Crippen LogP contribution in [0.15, 0.2) is 0 Å². The topological polar surface area (TPSA) is 15.3 Å². The highest BCUT2D eigenvalue weighted by molar-refractivity contribution is 4.89.